The second-order valence-electron chi connectivity index (χ2n) is 8.80. The van der Waals surface area contributed by atoms with Gasteiger partial charge in [-0.15, -0.1) is 0 Å². The van der Waals surface area contributed by atoms with Crippen LogP contribution in [0.25, 0.3) is 11.3 Å². The third-order valence-corrected chi connectivity index (χ3v) is 6.89. The number of fused-ring (bicyclic) bond motifs is 3. The van der Waals surface area contributed by atoms with Gasteiger partial charge in [0.2, 0.25) is 0 Å². The monoisotopic (exact) mass is 442 g/mol. The summed E-state index contributed by atoms with van der Waals surface area (Å²) >= 11 is 3.68. The van der Waals surface area contributed by atoms with Crippen molar-refractivity contribution in [2.75, 3.05) is 26.2 Å². The molecule has 3 aliphatic rings. The first-order valence-corrected chi connectivity index (χ1v) is 11.4. The Morgan fingerprint density at radius 2 is 2.07 bits per heavy atom. The van der Waals surface area contributed by atoms with Gasteiger partial charge in [-0.3, -0.25) is 4.90 Å². The summed E-state index contributed by atoms with van der Waals surface area (Å²) < 4.78 is 1.09. The fourth-order valence-electron chi connectivity index (χ4n) is 4.81. The van der Waals surface area contributed by atoms with E-state index in [0.29, 0.717) is 17.9 Å². The van der Waals surface area contributed by atoms with Crippen molar-refractivity contribution >= 4 is 15.9 Å². The summed E-state index contributed by atoms with van der Waals surface area (Å²) in [6.07, 6.45) is 2.57. The van der Waals surface area contributed by atoms with Crippen molar-refractivity contribution in [1.82, 2.24) is 20.2 Å². The molecule has 4 atom stereocenters. The largest absolute Gasteiger partial charge is 0.315 e. The van der Waals surface area contributed by atoms with Gasteiger partial charge in [0.15, 0.2) is 0 Å². The lowest BCUT2D eigenvalue weighted by Crippen LogP contribution is -2.55. The highest BCUT2D eigenvalue weighted by Gasteiger charge is 2.41. The summed E-state index contributed by atoms with van der Waals surface area (Å²) in [5, 5.41) is 3.67. The number of nitrogens with zero attached hydrogens (tertiary/aromatic N) is 3. The molecule has 0 saturated carbocycles. The van der Waals surface area contributed by atoms with Crippen molar-refractivity contribution < 1.29 is 0 Å². The molecular formula is C23H31BrN4. The molecule has 2 bridgehead atoms. The van der Waals surface area contributed by atoms with Crippen molar-refractivity contribution in [3.05, 3.63) is 46.3 Å². The van der Waals surface area contributed by atoms with Crippen LogP contribution in [0.2, 0.25) is 0 Å². The molecule has 150 valence electrons. The van der Waals surface area contributed by atoms with E-state index in [2.05, 4.69) is 64.3 Å². The average molecular weight is 443 g/mol. The van der Waals surface area contributed by atoms with Crippen LogP contribution in [-0.2, 0) is 0 Å². The molecule has 4 unspecified atom stereocenters. The van der Waals surface area contributed by atoms with E-state index < -0.39 is 0 Å². The lowest BCUT2D eigenvalue weighted by Gasteiger charge is -2.50. The molecule has 3 fully saturated rings. The summed E-state index contributed by atoms with van der Waals surface area (Å²) in [5.74, 6) is 2.84. The Balaban J connectivity index is 1.52. The van der Waals surface area contributed by atoms with Crippen molar-refractivity contribution in [2.24, 2.45) is 11.8 Å². The van der Waals surface area contributed by atoms with Crippen LogP contribution in [0.1, 0.15) is 44.1 Å². The molecule has 4 heterocycles. The van der Waals surface area contributed by atoms with Crippen molar-refractivity contribution in [3.63, 3.8) is 0 Å². The van der Waals surface area contributed by atoms with E-state index in [-0.39, 0.29) is 0 Å². The van der Waals surface area contributed by atoms with Crippen LogP contribution >= 0.6 is 15.9 Å². The van der Waals surface area contributed by atoms with Crippen LogP contribution < -0.4 is 5.32 Å². The van der Waals surface area contributed by atoms with E-state index in [1.54, 1.807) is 0 Å². The van der Waals surface area contributed by atoms with Gasteiger partial charge in [-0.2, -0.15) is 0 Å². The summed E-state index contributed by atoms with van der Waals surface area (Å²) in [7, 11) is 0. The van der Waals surface area contributed by atoms with Crippen molar-refractivity contribution in [3.8, 4) is 11.3 Å². The first-order chi connectivity index (χ1) is 13.5. The molecule has 4 nitrogen and oxygen atoms in total. The maximum absolute atomic E-state index is 4.87. The van der Waals surface area contributed by atoms with E-state index >= 15 is 0 Å². The van der Waals surface area contributed by atoms with E-state index in [4.69, 9.17) is 9.97 Å². The summed E-state index contributed by atoms with van der Waals surface area (Å²) in [6, 6.07) is 11.2. The first kappa shape index (κ1) is 20.0. The summed E-state index contributed by atoms with van der Waals surface area (Å²) in [4.78, 5) is 12.3. The Kier molecular flexibility index (Phi) is 6.14. The number of aryl methyl sites for hydroxylation is 1. The Morgan fingerprint density at radius 3 is 2.79 bits per heavy atom. The highest BCUT2D eigenvalue weighted by molar-refractivity contribution is 9.10. The molecule has 2 aromatic rings. The molecule has 3 aliphatic heterocycles. The standard InChI is InChI=1S/C23H31BrN4/c1-15(2)12-25-13-18-10-17-8-9-28(18)14-20(17)23-11-22(26-16(3)27-23)19-6-4-5-7-21(19)24/h4-7,11,15,17-18,20,25H,8-10,12-14H2,1-3H3. The van der Waals surface area contributed by atoms with Gasteiger partial charge in [0.25, 0.3) is 0 Å². The molecule has 28 heavy (non-hydrogen) atoms. The van der Waals surface area contributed by atoms with Gasteiger partial charge >= 0.3 is 0 Å². The van der Waals surface area contributed by atoms with Crippen LogP contribution in [0.5, 0.6) is 0 Å². The minimum Gasteiger partial charge on any atom is -0.315 e. The summed E-state index contributed by atoms with van der Waals surface area (Å²) in [6.45, 7) is 11.2. The van der Waals surface area contributed by atoms with Crippen LogP contribution in [0, 0.1) is 18.8 Å². The molecule has 1 N–H and O–H groups in total. The molecule has 5 heteroatoms. The Morgan fingerprint density at radius 1 is 1.25 bits per heavy atom. The number of benzene rings is 1. The number of aromatic nitrogens is 2. The van der Waals surface area contributed by atoms with Gasteiger partial charge in [-0.05, 0) is 56.8 Å². The predicted octanol–water partition coefficient (Wildman–Crippen LogP) is 4.64. The van der Waals surface area contributed by atoms with Crippen LogP contribution in [-0.4, -0.2) is 47.1 Å². The lowest BCUT2D eigenvalue weighted by molar-refractivity contribution is 0.0291. The molecule has 0 aliphatic carbocycles. The maximum Gasteiger partial charge on any atom is 0.126 e. The van der Waals surface area contributed by atoms with Crippen LogP contribution in [0.15, 0.2) is 34.8 Å². The predicted molar refractivity (Wildman–Crippen MR) is 118 cm³/mol. The number of rotatable bonds is 6. The van der Waals surface area contributed by atoms with Crippen molar-refractivity contribution in [2.45, 2.75) is 45.6 Å². The third-order valence-electron chi connectivity index (χ3n) is 6.20. The fraction of sp³-hybridized carbons (Fsp3) is 0.565. The molecule has 0 radical (unpaired) electrons. The number of hydrogen-bond donors (Lipinski definition) is 1. The highest BCUT2D eigenvalue weighted by atomic mass is 79.9. The normalized spacial score (nSPS) is 26.8. The fourth-order valence-corrected chi connectivity index (χ4v) is 5.30. The summed E-state index contributed by atoms with van der Waals surface area (Å²) in [5.41, 5.74) is 3.40. The quantitative estimate of drug-likeness (QED) is 0.707. The topological polar surface area (TPSA) is 41.1 Å². The SMILES string of the molecule is Cc1nc(-c2ccccc2Br)cc(C2CN3CCC2CC3CNCC(C)C)n1. The Bertz CT molecular complexity index is 822. The molecule has 1 aromatic carbocycles. The second kappa shape index (κ2) is 8.60. The van der Waals surface area contributed by atoms with Gasteiger partial charge in [-0.25, -0.2) is 9.97 Å². The minimum atomic E-state index is 0.526. The number of nitrogens with one attached hydrogen (secondary N) is 1. The Hall–Kier alpha value is -1.30. The molecule has 1 aromatic heterocycles. The minimum absolute atomic E-state index is 0.526. The van der Waals surface area contributed by atoms with E-state index in [1.807, 2.05) is 13.0 Å². The maximum atomic E-state index is 4.87. The molecule has 3 saturated heterocycles. The van der Waals surface area contributed by atoms with Crippen LogP contribution in [0.3, 0.4) is 0 Å². The van der Waals surface area contributed by atoms with E-state index in [0.717, 1.165) is 47.1 Å². The average Bonchev–Trinajstić information content (AvgIpc) is 2.68. The van der Waals surface area contributed by atoms with E-state index in [9.17, 15) is 0 Å². The smallest absolute Gasteiger partial charge is 0.126 e. The second-order valence-corrected chi connectivity index (χ2v) is 9.65. The molecule has 0 amide bonds. The zero-order chi connectivity index (χ0) is 19.7. The lowest BCUT2D eigenvalue weighted by atomic mass is 9.74. The third kappa shape index (κ3) is 4.32. The van der Waals surface area contributed by atoms with Gasteiger partial charge in [-0.1, -0.05) is 48.0 Å². The molecule has 5 rings (SSSR count). The van der Waals surface area contributed by atoms with Crippen LogP contribution in [0.4, 0.5) is 0 Å². The van der Waals surface area contributed by atoms with Gasteiger partial charge < -0.3 is 5.32 Å². The van der Waals surface area contributed by atoms with Gasteiger partial charge in [0.05, 0.1) is 5.69 Å². The van der Waals surface area contributed by atoms with Crippen molar-refractivity contribution in [1.29, 1.82) is 0 Å². The van der Waals surface area contributed by atoms with E-state index in [1.165, 1.54) is 25.1 Å². The molecule has 0 spiro atoms. The Labute approximate surface area is 177 Å². The first-order valence-electron chi connectivity index (χ1n) is 10.6. The van der Waals surface area contributed by atoms with Gasteiger partial charge in [0, 0.05) is 40.8 Å². The zero-order valence-corrected chi connectivity index (χ0v) is 18.7. The number of hydrogen-bond acceptors (Lipinski definition) is 4. The molecular weight excluding hydrogens is 412 g/mol. The van der Waals surface area contributed by atoms with Gasteiger partial charge in [0.1, 0.15) is 5.82 Å². The number of halogens is 1. The highest BCUT2D eigenvalue weighted by Crippen LogP contribution is 2.42. The zero-order valence-electron chi connectivity index (χ0n) is 17.2. The number of piperidine rings is 3.